The van der Waals surface area contributed by atoms with Crippen LogP contribution in [-0.2, 0) is 0 Å². The van der Waals surface area contributed by atoms with Gasteiger partial charge in [-0.05, 0) is 55.8 Å². The van der Waals surface area contributed by atoms with Gasteiger partial charge in [0.1, 0.15) is 28.4 Å². The minimum Gasteiger partial charge on any atom is -0.494 e. The zero-order valence-electron chi connectivity index (χ0n) is 17.8. The van der Waals surface area contributed by atoms with E-state index in [0.717, 1.165) is 5.56 Å². The summed E-state index contributed by atoms with van der Waals surface area (Å²) in [4.78, 5) is 25.2. The first-order valence-electron chi connectivity index (χ1n) is 10.3. The Morgan fingerprint density at radius 2 is 1.75 bits per heavy atom. The maximum absolute atomic E-state index is 12.9. The highest BCUT2D eigenvalue weighted by atomic mass is 16.5. The summed E-state index contributed by atoms with van der Waals surface area (Å²) < 4.78 is 16.9. The van der Waals surface area contributed by atoms with Gasteiger partial charge in [0.25, 0.3) is 0 Å². The molecule has 0 atom stereocenters. The SMILES string of the molecule is CCOc1ccc2oc(C)c(C(=O)Oc3cccc(/C=C/C(=O)c4ccccc4)c3)c2c1. The number of ether oxygens (including phenoxy) is 2. The maximum atomic E-state index is 12.9. The highest BCUT2D eigenvalue weighted by Gasteiger charge is 2.21. The number of carbonyl (C=O) groups excluding carboxylic acids is 2. The monoisotopic (exact) mass is 426 g/mol. The number of aryl methyl sites for hydroxylation is 1. The predicted molar refractivity (Wildman–Crippen MR) is 123 cm³/mol. The lowest BCUT2D eigenvalue weighted by Crippen LogP contribution is -2.09. The molecular formula is C27H22O5. The molecule has 32 heavy (non-hydrogen) atoms. The largest absolute Gasteiger partial charge is 0.494 e. The molecule has 160 valence electrons. The highest BCUT2D eigenvalue weighted by Crippen LogP contribution is 2.30. The molecule has 0 unspecified atom stereocenters. The van der Waals surface area contributed by atoms with E-state index in [1.54, 1.807) is 61.5 Å². The van der Waals surface area contributed by atoms with Crippen molar-refractivity contribution >= 4 is 28.8 Å². The first-order valence-corrected chi connectivity index (χ1v) is 10.3. The van der Waals surface area contributed by atoms with Gasteiger partial charge in [0, 0.05) is 10.9 Å². The van der Waals surface area contributed by atoms with Crippen LogP contribution in [0.2, 0.25) is 0 Å². The first-order chi connectivity index (χ1) is 15.5. The van der Waals surface area contributed by atoms with Gasteiger partial charge < -0.3 is 13.9 Å². The van der Waals surface area contributed by atoms with Gasteiger partial charge in [0.2, 0.25) is 0 Å². The molecule has 0 bridgehead atoms. The van der Waals surface area contributed by atoms with Crippen molar-refractivity contribution < 1.29 is 23.5 Å². The van der Waals surface area contributed by atoms with Crippen LogP contribution in [0.3, 0.4) is 0 Å². The summed E-state index contributed by atoms with van der Waals surface area (Å²) in [7, 11) is 0. The molecule has 3 aromatic carbocycles. The van der Waals surface area contributed by atoms with E-state index in [4.69, 9.17) is 13.9 Å². The minimum absolute atomic E-state index is 0.0985. The smallest absolute Gasteiger partial charge is 0.347 e. The Kier molecular flexibility index (Phi) is 6.17. The quantitative estimate of drug-likeness (QED) is 0.151. The van der Waals surface area contributed by atoms with Crippen LogP contribution in [0.4, 0.5) is 0 Å². The van der Waals surface area contributed by atoms with Crippen LogP contribution in [0.15, 0.2) is 83.3 Å². The summed E-state index contributed by atoms with van der Waals surface area (Å²) in [5, 5.41) is 0.642. The second kappa shape index (κ2) is 9.35. The standard InChI is InChI=1S/C27H22O5/c1-3-30-21-13-15-25-23(17-21)26(18(2)31-25)27(29)32-22-11-7-8-19(16-22)12-14-24(28)20-9-5-4-6-10-20/h4-17H,3H2,1-2H3/b14-12+. The molecule has 0 spiro atoms. The van der Waals surface area contributed by atoms with Crippen LogP contribution < -0.4 is 9.47 Å². The molecule has 0 N–H and O–H groups in total. The van der Waals surface area contributed by atoms with Crippen LogP contribution in [0.25, 0.3) is 17.0 Å². The maximum Gasteiger partial charge on any atom is 0.347 e. The van der Waals surface area contributed by atoms with E-state index in [2.05, 4.69) is 0 Å². The second-order valence-corrected chi connectivity index (χ2v) is 7.15. The summed E-state index contributed by atoms with van der Waals surface area (Å²) in [6, 6.07) is 21.4. The second-order valence-electron chi connectivity index (χ2n) is 7.15. The van der Waals surface area contributed by atoms with Crippen molar-refractivity contribution in [2.75, 3.05) is 6.61 Å². The average molecular weight is 426 g/mol. The zero-order chi connectivity index (χ0) is 22.5. The lowest BCUT2D eigenvalue weighted by atomic mass is 10.1. The van der Waals surface area contributed by atoms with Gasteiger partial charge in [-0.25, -0.2) is 4.79 Å². The molecule has 0 saturated carbocycles. The fourth-order valence-corrected chi connectivity index (χ4v) is 3.42. The lowest BCUT2D eigenvalue weighted by molar-refractivity contribution is 0.0734. The van der Waals surface area contributed by atoms with Crippen molar-refractivity contribution in [1.82, 2.24) is 0 Å². The van der Waals surface area contributed by atoms with Crippen LogP contribution in [-0.4, -0.2) is 18.4 Å². The third-order valence-corrected chi connectivity index (χ3v) is 4.90. The topological polar surface area (TPSA) is 65.7 Å². The molecule has 0 amide bonds. The molecule has 4 aromatic rings. The Balaban J connectivity index is 1.54. The van der Waals surface area contributed by atoms with Gasteiger partial charge in [0.15, 0.2) is 5.78 Å². The van der Waals surface area contributed by atoms with Gasteiger partial charge >= 0.3 is 5.97 Å². The summed E-state index contributed by atoms with van der Waals surface area (Å²) in [5.74, 6) is 0.891. The van der Waals surface area contributed by atoms with Gasteiger partial charge in [-0.3, -0.25) is 4.79 Å². The molecule has 5 nitrogen and oxygen atoms in total. The molecule has 0 radical (unpaired) electrons. The summed E-state index contributed by atoms with van der Waals surface area (Å²) >= 11 is 0. The van der Waals surface area contributed by atoms with Crippen molar-refractivity contribution in [3.63, 3.8) is 0 Å². The zero-order valence-corrected chi connectivity index (χ0v) is 17.8. The van der Waals surface area contributed by atoms with E-state index in [0.29, 0.717) is 46.0 Å². The number of ketones is 1. The van der Waals surface area contributed by atoms with E-state index >= 15 is 0 Å². The summed E-state index contributed by atoms with van der Waals surface area (Å²) in [6.07, 6.45) is 3.19. The van der Waals surface area contributed by atoms with Crippen LogP contribution in [0, 0.1) is 6.92 Å². The molecule has 5 heteroatoms. The van der Waals surface area contributed by atoms with Crippen molar-refractivity contribution in [3.8, 4) is 11.5 Å². The average Bonchev–Trinajstić information content (AvgIpc) is 3.13. The lowest BCUT2D eigenvalue weighted by Gasteiger charge is -2.06. The number of esters is 1. The Morgan fingerprint density at radius 1 is 0.938 bits per heavy atom. The minimum atomic E-state index is -0.517. The fraction of sp³-hybridized carbons (Fsp3) is 0.111. The number of furan rings is 1. The third-order valence-electron chi connectivity index (χ3n) is 4.90. The third kappa shape index (κ3) is 4.62. The molecule has 1 heterocycles. The Hall–Kier alpha value is -4.12. The summed E-state index contributed by atoms with van der Waals surface area (Å²) in [5.41, 5.74) is 2.31. The number of allylic oxidation sites excluding steroid dienone is 1. The fourth-order valence-electron chi connectivity index (χ4n) is 3.42. The van der Waals surface area contributed by atoms with Crippen molar-refractivity contribution in [2.45, 2.75) is 13.8 Å². The number of carbonyl (C=O) groups is 2. The van der Waals surface area contributed by atoms with E-state index in [1.165, 1.54) is 6.08 Å². The molecule has 0 aliphatic rings. The van der Waals surface area contributed by atoms with Crippen molar-refractivity contribution in [1.29, 1.82) is 0 Å². The van der Waals surface area contributed by atoms with Gasteiger partial charge in [-0.15, -0.1) is 0 Å². The van der Waals surface area contributed by atoms with Gasteiger partial charge in [-0.2, -0.15) is 0 Å². The van der Waals surface area contributed by atoms with Crippen LogP contribution in [0.5, 0.6) is 11.5 Å². The molecule has 0 fully saturated rings. The summed E-state index contributed by atoms with van der Waals surface area (Å²) in [6.45, 7) is 4.15. The number of hydrogen-bond acceptors (Lipinski definition) is 5. The highest BCUT2D eigenvalue weighted by molar-refractivity contribution is 6.07. The predicted octanol–water partition coefficient (Wildman–Crippen LogP) is 6.26. The Morgan fingerprint density at radius 3 is 2.53 bits per heavy atom. The Bertz CT molecular complexity index is 1300. The molecule has 0 saturated heterocycles. The van der Waals surface area contributed by atoms with Crippen LogP contribution >= 0.6 is 0 Å². The van der Waals surface area contributed by atoms with Crippen molar-refractivity contribution in [2.24, 2.45) is 0 Å². The van der Waals surface area contributed by atoms with Gasteiger partial charge in [-0.1, -0.05) is 48.5 Å². The molecule has 0 aliphatic carbocycles. The number of fused-ring (bicyclic) bond motifs is 1. The van der Waals surface area contributed by atoms with Gasteiger partial charge in [0.05, 0.1) is 6.61 Å². The van der Waals surface area contributed by atoms with E-state index in [-0.39, 0.29) is 5.78 Å². The van der Waals surface area contributed by atoms with Crippen molar-refractivity contribution in [3.05, 3.63) is 101 Å². The molecular weight excluding hydrogens is 404 g/mol. The molecule has 0 aliphatic heterocycles. The van der Waals surface area contributed by atoms with E-state index in [1.807, 2.05) is 31.2 Å². The Labute approximate surface area is 185 Å². The number of rotatable bonds is 7. The molecule has 4 rings (SSSR count). The number of benzene rings is 3. The normalized spacial score (nSPS) is 11.1. The molecule has 1 aromatic heterocycles. The van der Waals surface area contributed by atoms with E-state index in [9.17, 15) is 9.59 Å². The first kappa shape index (κ1) is 21.1. The van der Waals surface area contributed by atoms with Crippen LogP contribution in [0.1, 0.15) is 39.0 Å². The number of hydrogen-bond donors (Lipinski definition) is 0. The van der Waals surface area contributed by atoms with E-state index < -0.39 is 5.97 Å².